The average Bonchev–Trinajstić information content (AvgIpc) is 2.19. The van der Waals surface area contributed by atoms with E-state index in [0.717, 1.165) is 5.56 Å². The average molecular weight is 283 g/mol. The van der Waals surface area contributed by atoms with Crippen LogP contribution in [0.3, 0.4) is 0 Å². The van der Waals surface area contributed by atoms with Crippen molar-refractivity contribution in [3.63, 3.8) is 0 Å². The van der Waals surface area contributed by atoms with Crippen molar-refractivity contribution in [2.24, 2.45) is 0 Å². The van der Waals surface area contributed by atoms with Crippen LogP contribution in [0.2, 0.25) is 9.88 Å². The van der Waals surface area contributed by atoms with Crippen LogP contribution in [0, 0.1) is 0 Å². The van der Waals surface area contributed by atoms with Gasteiger partial charge in [0.25, 0.3) is 0 Å². The molecular formula is C11H16OSn. The fraction of sp³-hybridized carbons (Fsp3) is 0.364. The summed E-state index contributed by atoms with van der Waals surface area (Å²) in [6.07, 6.45) is 0.587. The molecule has 0 fully saturated rings. The fourth-order valence-electron chi connectivity index (χ4n) is 0.828. The third kappa shape index (κ3) is 5.86. The Balaban J connectivity index is 0.000000424. The van der Waals surface area contributed by atoms with E-state index in [1.807, 2.05) is 37.3 Å². The summed E-state index contributed by atoms with van der Waals surface area (Å²) in [6.45, 7) is 1.87. The minimum absolute atomic E-state index is 0.209. The molecule has 0 saturated carbocycles. The number of benzene rings is 1. The van der Waals surface area contributed by atoms with Crippen molar-refractivity contribution in [3.05, 3.63) is 35.9 Å². The van der Waals surface area contributed by atoms with Gasteiger partial charge in [-0.15, -0.1) is 0 Å². The Hall–Kier alpha value is -0.311. The molecule has 2 heteroatoms. The molecule has 0 atom stereocenters. The summed E-state index contributed by atoms with van der Waals surface area (Å²) >= 11 is 0.230. The zero-order valence-electron chi connectivity index (χ0n) is 8.50. The molecule has 0 heterocycles. The third-order valence-corrected chi connectivity index (χ3v) is 1.42. The van der Waals surface area contributed by atoms with Crippen LogP contribution in [0.4, 0.5) is 0 Å². The molecule has 1 aromatic rings. The first-order chi connectivity index (χ1) is 6.26. The molecule has 0 aromatic heterocycles. The maximum absolute atomic E-state index is 11.0. The number of rotatable bonds is 2. The van der Waals surface area contributed by atoms with Gasteiger partial charge in [0, 0.05) is 12.0 Å². The fourth-order valence-corrected chi connectivity index (χ4v) is 0.828. The van der Waals surface area contributed by atoms with Crippen LogP contribution in [-0.4, -0.2) is 26.9 Å². The van der Waals surface area contributed by atoms with Crippen molar-refractivity contribution in [1.82, 2.24) is 0 Å². The summed E-state index contributed by atoms with van der Waals surface area (Å²) in [4.78, 5) is 15.6. The van der Waals surface area contributed by atoms with E-state index in [1.54, 1.807) is 0 Å². The Morgan fingerprint density at radius 2 is 1.69 bits per heavy atom. The van der Waals surface area contributed by atoms with E-state index in [9.17, 15) is 4.79 Å². The van der Waals surface area contributed by atoms with Crippen LogP contribution < -0.4 is 0 Å². The number of carbonyl (C=O) groups is 1. The molecule has 13 heavy (non-hydrogen) atoms. The van der Waals surface area contributed by atoms with Gasteiger partial charge < -0.3 is 0 Å². The Labute approximate surface area is 90.8 Å². The molecule has 1 nitrogen and oxygen atoms in total. The zero-order valence-corrected chi connectivity index (χ0v) is 11.4. The van der Waals surface area contributed by atoms with Crippen LogP contribution in [0.15, 0.2) is 30.3 Å². The first-order valence-corrected chi connectivity index (χ1v) is 10.1. The monoisotopic (exact) mass is 284 g/mol. The Kier molecular flexibility index (Phi) is 8.10. The topological polar surface area (TPSA) is 17.1 Å². The number of Topliss-reactive ketones (excluding diaryl/α,β-unsaturated/α-hetero) is 1. The molecule has 0 spiro atoms. The molecule has 0 aliphatic rings. The van der Waals surface area contributed by atoms with E-state index in [0.29, 0.717) is 6.42 Å². The maximum atomic E-state index is 11.0. The zero-order chi connectivity index (χ0) is 10.1. The first-order valence-electron chi connectivity index (χ1n) is 4.43. The van der Waals surface area contributed by atoms with Crippen molar-refractivity contribution in [3.8, 4) is 0 Å². The van der Waals surface area contributed by atoms with Crippen LogP contribution in [0.5, 0.6) is 0 Å². The van der Waals surface area contributed by atoms with E-state index >= 15 is 0 Å². The summed E-state index contributed by atoms with van der Waals surface area (Å²) in [5.41, 5.74) is 0.810. The summed E-state index contributed by atoms with van der Waals surface area (Å²) in [6, 6.07) is 9.34. The van der Waals surface area contributed by atoms with E-state index in [2.05, 4.69) is 9.88 Å². The predicted octanol–water partition coefficient (Wildman–Crippen LogP) is 3.07. The Morgan fingerprint density at radius 1 is 1.23 bits per heavy atom. The van der Waals surface area contributed by atoms with Gasteiger partial charge >= 0.3 is 31.0 Å². The van der Waals surface area contributed by atoms with Gasteiger partial charge in [-0.1, -0.05) is 37.3 Å². The van der Waals surface area contributed by atoms with Gasteiger partial charge in [0.2, 0.25) is 0 Å². The molecule has 2 radical (unpaired) electrons. The standard InChI is InChI=1S/C9H10O.2CH3.Sn/c1-2-9(10)8-6-4-3-5-7-8;;;/h3-7H,2H2,1H3;2*1H3;. The first kappa shape index (κ1) is 12.7. The minimum atomic E-state index is 0.209. The summed E-state index contributed by atoms with van der Waals surface area (Å²) in [5.74, 6) is 0.209. The second-order valence-electron chi connectivity index (χ2n) is 2.64. The van der Waals surface area contributed by atoms with Crippen molar-refractivity contribution >= 4 is 26.9 Å². The molecule has 0 aliphatic carbocycles. The third-order valence-electron chi connectivity index (χ3n) is 1.42. The Morgan fingerprint density at radius 3 is 2.08 bits per heavy atom. The number of carbonyl (C=O) groups excluding carboxylic acids is 1. The van der Waals surface area contributed by atoms with Crippen molar-refractivity contribution in [1.29, 1.82) is 0 Å². The molecule has 1 rings (SSSR count). The van der Waals surface area contributed by atoms with Gasteiger partial charge in [0.1, 0.15) is 0 Å². The van der Waals surface area contributed by atoms with Crippen LogP contribution in [0.25, 0.3) is 0 Å². The van der Waals surface area contributed by atoms with Crippen LogP contribution in [-0.2, 0) is 0 Å². The predicted molar refractivity (Wildman–Crippen MR) is 58.5 cm³/mol. The normalized spacial score (nSPS) is 8.54. The summed E-state index contributed by atoms with van der Waals surface area (Å²) in [5, 5.41) is 0. The summed E-state index contributed by atoms with van der Waals surface area (Å²) in [7, 11) is 0. The van der Waals surface area contributed by atoms with Crippen LogP contribution in [0.1, 0.15) is 23.7 Å². The van der Waals surface area contributed by atoms with Crippen molar-refractivity contribution in [2.45, 2.75) is 23.2 Å². The molecule has 0 saturated heterocycles. The molecule has 0 amide bonds. The van der Waals surface area contributed by atoms with Gasteiger partial charge in [-0.3, -0.25) is 4.79 Å². The molecule has 0 bridgehead atoms. The van der Waals surface area contributed by atoms with Gasteiger partial charge in [0.15, 0.2) is 5.78 Å². The molecular weight excluding hydrogens is 267 g/mol. The van der Waals surface area contributed by atoms with E-state index in [1.165, 1.54) is 0 Å². The quantitative estimate of drug-likeness (QED) is 0.602. The second kappa shape index (κ2) is 8.29. The molecule has 0 aliphatic heterocycles. The van der Waals surface area contributed by atoms with Crippen molar-refractivity contribution in [2.75, 3.05) is 0 Å². The van der Waals surface area contributed by atoms with Gasteiger partial charge in [-0.25, -0.2) is 0 Å². The second-order valence-corrected chi connectivity index (χ2v) is 5.50. The van der Waals surface area contributed by atoms with Gasteiger partial charge in [-0.2, -0.15) is 0 Å². The number of ketones is 1. The molecule has 70 valence electrons. The molecule has 0 unspecified atom stereocenters. The van der Waals surface area contributed by atoms with Crippen LogP contribution >= 0.6 is 0 Å². The Bertz CT molecular complexity index is 231. The van der Waals surface area contributed by atoms with Crippen molar-refractivity contribution < 1.29 is 4.79 Å². The van der Waals surface area contributed by atoms with Gasteiger partial charge in [0.05, 0.1) is 0 Å². The molecule has 1 aromatic carbocycles. The number of hydrogen-bond donors (Lipinski definition) is 0. The van der Waals surface area contributed by atoms with E-state index in [-0.39, 0.29) is 26.9 Å². The summed E-state index contributed by atoms with van der Waals surface area (Å²) < 4.78 is 0. The number of hydrogen-bond acceptors (Lipinski definition) is 1. The van der Waals surface area contributed by atoms with E-state index < -0.39 is 0 Å². The molecule has 0 N–H and O–H groups in total. The SMILES string of the molecule is CCC(=O)c1ccccc1.[CH3][Sn][CH3]. The van der Waals surface area contributed by atoms with E-state index in [4.69, 9.17) is 0 Å². The van der Waals surface area contributed by atoms with Gasteiger partial charge in [-0.05, 0) is 0 Å².